The van der Waals surface area contributed by atoms with Crippen molar-refractivity contribution in [3.63, 3.8) is 0 Å². The minimum absolute atomic E-state index is 0.0346. The number of rotatable bonds is 5. The molecule has 1 aliphatic carbocycles. The summed E-state index contributed by atoms with van der Waals surface area (Å²) in [6.45, 7) is 2.10. The molecule has 1 saturated carbocycles. The van der Waals surface area contributed by atoms with E-state index in [0.29, 0.717) is 25.7 Å². The van der Waals surface area contributed by atoms with E-state index < -0.39 is 5.67 Å². The van der Waals surface area contributed by atoms with Crippen LogP contribution in [0.4, 0.5) is 4.39 Å². The zero-order valence-electron chi connectivity index (χ0n) is 17.7. The van der Waals surface area contributed by atoms with Crippen LogP contribution in [0.25, 0.3) is 11.0 Å². The maximum Gasteiger partial charge on any atom is 0.186 e. The molecule has 160 valence electrons. The topological polar surface area (TPSA) is 81.5 Å². The third kappa shape index (κ3) is 3.89. The van der Waals surface area contributed by atoms with Gasteiger partial charge in [0.2, 0.25) is 0 Å². The van der Waals surface area contributed by atoms with Crippen LogP contribution in [0.15, 0.2) is 42.5 Å². The molecule has 0 amide bonds. The van der Waals surface area contributed by atoms with Crippen molar-refractivity contribution in [1.82, 2.24) is 30.2 Å². The van der Waals surface area contributed by atoms with Crippen molar-refractivity contribution >= 4 is 11.0 Å². The molecule has 0 bridgehead atoms. The maximum atomic E-state index is 15.1. The number of fused-ring (bicyclic) bond motifs is 1. The predicted molar refractivity (Wildman–Crippen MR) is 115 cm³/mol. The molecule has 4 aromatic rings. The van der Waals surface area contributed by atoms with Crippen molar-refractivity contribution in [2.24, 2.45) is 7.05 Å². The van der Waals surface area contributed by atoms with Gasteiger partial charge in [-0.2, -0.15) is 0 Å². The minimum Gasteiger partial charge on any atom is -0.490 e. The molecule has 0 atom stereocenters. The van der Waals surface area contributed by atoms with E-state index >= 15 is 4.39 Å². The lowest BCUT2D eigenvalue weighted by molar-refractivity contribution is 0.0365. The molecule has 2 aromatic carbocycles. The van der Waals surface area contributed by atoms with Gasteiger partial charge in [0.1, 0.15) is 11.6 Å². The van der Waals surface area contributed by atoms with Crippen molar-refractivity contribution in [3.05, 3.63) is 65.2 Å². The van der Waals surface area contributed by atoms with Gasteiger partial charge in [0, 0.05) is 19.5 Å². The summed E-state index contributed by atoms with van der Waals surface area (Å²) in [5, 5.41) is 13.3. The Kier molecular flexibility index (Phi) is 4.92. The van der Waals surface area contributed by atoms with Crippen LogP contribution in [0, 0.1) is 6.92 Å². The van der Waals surface area contributed by atoms with E-state index in [1.807, 2.05) is 25.2 Å². The number of aromatic nitrogens is 6. The first-order chi connectivity index (χ1) is 15.0. The number of halogens is 1. The van der Waals surface area contributed by atoms with Gasteiger partial charge in [0.15, 0.2) is 11.5 Å². The number of aryl methyl sites for hydroxylation is 2. The van der Waals surface area contributed by atoms with Gasteiger partial charge in [-0.25, -0.2) is 14.5 Å². The number of benzene rings is 2. The lowest BCUT2D eigenvalue weighted by Gasteiger charge is -2.32. The number of nitrogens with zero attached hydrogens (tertiary/aromatic N) is 5. The molecule has 1 N–H and O–H groups in total. The number of tetrazole rings is 1. The van der Waals surface area contributed by atoms with Crippen LogP contribution >= 0.6 is 0 Å². The van der Waals surface area contributed by atoms with Crippen LogP contribution in [-0.2, 0) is 19.1 Å². The van der Waals surface area contributed by atoms with Crippen molar-refractivity contribution in [1.29, 1.82) is 0 Å². The Morgan fingerprint density at radius 3 is 2.77 bits per heavy atom. The number of nitrogens with one attached hydrogen (secondary N) is 1. The largest absolute Gasteiger partial charge is 0.490 e. The molecule has 0 saturated heterocycles. The second kappa shape index (κ2) is 7.76. The molecule has 31 heavy (non-hydrogen) atoms. The normalized spacial score (nSPS) is 21.5. The van der Waals surface area contributed by atoms with Crippen molar-refractivity contribution < 1.29 is 9.13 Å². The molecule has 2 aromatic heterocycles. The SMILES string of the molecule is Cc1cccc(Cc2nc3cc(O[C@H]4CC[C@@](F)(c5nnn[nH]5)CC4)ccc3n2C)c1. The van der Waals surface area contributed by atoms with Crippen LogP contribution in [0.1, 0.15) is 48.5 Å². The average Bonchev–Trinajstić information content (AvgIpc) is 3.40. The Labute approximate surface area is 179 Å². The first-order valence-electron chi connectivity index (χ1n) is 10.6. The van der Waals surface area contributed by atoms with Gasteiger partial charge in [-0.3, -0.25) is 0 Å². The maximum absolute atomic E-state index is 15.1. The molecule has 8 heteroatoms. The summed E-state index contributed by atoms with van der Waals surface area (Å²) in [5.74, 6) is 1.99. The number of ether oxygens (including phenoxy) is 1. The molecule has 1 aliphatic rings. The fourth-order valence-electron chi connectivity index (χ4n) is 4.41. The van der Waals surface area contributed by atoms with Gasteiger partial charge in [-0.1, -0.05) is 29.8 Å². The number of aromatic amines is 1. The summed E-state index contributed by atoms with van der Waals surface area (Å²) in [6, 6.07) is 14.5. The summed E-state index contributed by atoms with van der Waals surface area (Å²) in [7, 11) is 2.04. The Morgan fingerprint density at radius 1 is 1.19 bits per heavy atom. The average molecular weight is 420 g/mol. The molecule has 5 rings (SSSR count). The number of hydrogen-bond donors (Lipinski definition) is 1. The first-order valence-corrected chi connectivity index (χ1v) is 10.6. The lowest BCUT2D eigenvalue weighted by atomic mass is 9.84. The van der Waals surface area contributed by atoms with Gasteiger partial charge in [0.05, 0.1) is 17.1 Å². The quantitative estimate of drug-likeness (QED) is 0.524. The molecule has 0 radical (unpaired) electrons. The zero-order chi connectivity index (χ0) is 21.4. The van der Waals surface area contributed by atoms with E-state index in [-0.39, 0.29) is 11.9 Å². The highest BCUT2D eigenvalue weighted by molar-refractivity contribution is 5.77. The van der Waals surface area contributed by atoms with Crippen molar-refractivity contribution in [2.75, 3.05) is 0 Å². The monoisotopic (exact) mass is 420 g/mol. The highest BCUT2D eigenvalue weighted by Crippen LogP contribution is 2.40. The summed E-state index contributed by atoms with van der Waals surface area (Å²) in [6.07, 6.45) is 2.63. The minimum atomic E-state index is -1.50. The van der Waals surface area contributed by atoms with Crippen LogP contribution in [0.3, 0.4) is 0 Å². The lowest BCUT2D eigenvalue weighted by Crippen LogP contribution is -2.33. The predicted octanol–water partition coefficient (Wildman–Crippen LogP) is 4.17. The molecular weight excluding hydrogens is 395 g/mol. The molecule has 2 heterocycles. The molecule has 1 fully saturated rings. The van der Waals surface area contributed by atoms with E-state index in [1.54, 1.807) is 0 Å². The number of imidazole rings is 1. The standard InChI is InChI=1S/C23H25FN6O/c1-15-4-3-5-16(12-15)13-21-25-19-14-18(6-7-20(19)30(21)2)31-17-8-10-23(24,11-9-17)22-26-28-29-27-22/h3-7,12,14,17H,8-11,13H2,1-2H3,(H,26,27,28,29)/t17-,23-. The van der Waals surface area contributed by atoms with Gasteiger partial charge in [0.25, 0.3) is 0 Å². The first kappa shape index (κ1) is 19.7. The van der Waals surface area contributed by atoms with E-state index in [0.717, 1.165) is 29.0 Å². The second-order valence-corrected chi connectivity index (χ2v) is 8.44. The molecule has 7 nitrogen and oxygen atoms in total. The fourth-order valence-corrected chi connectivity index (χ4v) is 4.41. The second-order valence-electron chi connectivity index (χ2n) is 8.44. The Balaban J connectivity index is 1.29. The number of H-pyrrole nitrogens is 1. The van der Waals surface area contributed by atoms with Crippen molar-refractivity contribution in [3.8, 4) is 5.75 Å². The van der Waals surface area contributed by atoms with E-state index in [2.05, 4.69) is 56.4 Å². The smallest absolute Gasteiger partial charge is 0.186 e. The number of hydrogen-bond acceptors (Lipinski definition) is 5. The third-order valence-corrected chi connectivity index (χ3v) is 6.19. The summed E-state index contributed by atoms with van der Waals surface area (Å²) < 4.78 is 23.4. The molecular formula is C23H25FN6O. The third-order valence-electron chi connectivity index (χ3n) is 6.19. The number of alkyl halides is 1. The Morgan fingerprint density at radius 2 is 2.03 bits per heavy atom. The molecule has 0 unspecified atom stereocenters. The van der Waals surface area contributed by atoms with E-state index in [4.69, 9.17) is 9.72 Å². The Bertz CT molecular complexity index is 1190. The van der Waals surface area contributed by atoms with Crippen LogP contribution in [-0.4, -0.2) is 36.3 Å². The summed E-state index contributed by atoms with van der Waals surface area (Å²) in [4.78, 5) is 4.84. The summed E-state index contributed by atoms with van der Waals surface area (Å²) >= 11 is 0. The van der Waals surface area contributed by atoms with Gasteiger partial charge >= 0.3 is 0 Å². The molecule has 0 aliphatic heterocycles. The van der Waals surface area contributed by atoms with Crippen LogP contribution < -0.4 is 4.74 Å². The summed E-state index contributed by atoms with van der Waals surface area (Å²) in [5.41, 5.74) is 2.97. The van der Waals surface area contributed by atoms with Gasteiger partial charge in [-0.05, 0) is 60.7 Å². The van der Waals surface area contributed by atoms with Gasteiger partial charge in [-0.15, -0.1) is 5.10 Å². The highest BCUT2D eigenvalue weighted by atomic mass is 19.1. The van der Waals surface area contributed by atoms with Crippen LogP contribution in [0.5, 0.6) is 5.75 Å². The molecule has 0 spiro atoms. The van der Waals surface area contributed by atoms with E-state index in [1.165, 1.54) is 11.1 Å². The zero-order valence-corrected chi connectivity index (χ0v) is 17.7. The Hall–Kier alpha value is -3.29. The highest BCUT2D eigenvalue weighted by Gasteiger charge is 2.40. The van der Waals surface area contributed by atoms with Crippen LogP contribution in [0.2, 0.25) is 0 Å². The van der Waals surface area contributed by atoms with Crippen molar-refractivity contribution in [2.45, 2.75) is 50.8 Å². The fraction of sp³-hybridized carbons (Fsp3) is 0.391. The van der Waals surface area contributed by atoms with E-state index in [9.17, 15) is 0 Å². The van der Waals surface area contributed by atoms with Gasteiger partial charge < -0.3 is 9.30 Å².